The van der Waals surface area contributed by atoms with Crippen LogP contribution in [0.5, 0.6) is 5.75 Å². The first-order chi connectivity index (χ1) is 18.0. The summed E-state index contributed by atoms with van der Waals surface area (Å²) in [5.41, 5.74) is 6.33. The third-order valence-corrected chi connectivity index (χ3v) is 7.56. The highest BCUT2D eigenvalue weighted by Crippen LogP contribution is 2.39. The number of fused-ring (bicyclic) bond motifs is 1. The molecule has 1 fully saturated rings. The number of halogens is 1. The third kappa shape index (κ3) is 5.60. The minimum Gasteiger partial charge on any atom is -0.497 e. The number of thioether (sulfide) groups is 1. The van der Waals surface area contributed by atoms with Gasteiger partial charge in [-0.25, -0.2) is 10.4 Å². The second-order valence-electron chi connectivity index (χ2n) is 8.42. The summed E-state index contributed by atoms with van der Waals surface area (Å²) in [5.74, 6) is 0.885. The van der Waals surface area contributed by atoms with Crippen molar-refractivity contribution in [1.29, 1.82) is 0 Å². The summed E-state index contributed by atoms with van der Waals surface area (Å²) in [5, 5.41) is 5.11. The van der Waals surface area contributed by atoms with Crippen molar-refractivity contribution in [2.45, 2.75) is 11.9 Å². The first kappa shape index (κ1) is 24.8. The van der Waals surface area contributed by atoms with Gasteiger partial charge in [-0.15, -0.1) is 11.8 Å². The van der Waals surface area contributed by atoms with Crippen LogP contribution in [0.25, 0.3) is 10.9 Å². The zero-order valence-corrected chi connectivity index (χ0v) is 21.5. The predicted molar refractivity (Wildman–Crippen MR) is 147 cm³/mol. The van der Waals surface area contributed by atoms with E-state index in [1.165, 1.54) is 6.21 Å². The SMILES string of the molecule is COc1ccc2cc(/C=N/NC(=O)c3ccc(C4SCC(=O)N4Cc4ccccc4)cc3)c(Cl)nc2c1. The lowest BCUT2D eigenvalue weighted by Gasteiger charge is -2.24. The summed E-state index contributed by atoms with van der Waals surface area (Å²) in [6, 6.07) is 24.5. The number of rotatable bonds is 7. The van der Waals surface area contributed by atoms with E-state index >= 15 is 0 Å². The first-order valence-corrected chi connectivity index (χ1v) is 13.0. The summed E-state index contributed by atoms with van der Waals surface area (Å²) < 4.78 is 5.22. The van der Waals surface area contributed by atoms with Gasteiger partial charge in [0.2, 0.25) is 5.91 Å². The molecule has 0 saturated carbocycles. The Hall–Kier alpha value is -3.88. The smallest absolute Gasteiger partial charge is 0.271 e. The summed E-state index contributed by atoms with van der Waals surface area (Å²) in [6.07, 6.45) is 1.47. The average Bonchev–Trinajstić information content (AvgIpc) is 3.28. The Labute approximate surface area is 223 Å². The van der Waals surface area contributed by atoms with Crippen molar-refractivity contribution in [2.75, 3.05) is 12.9 Å². The molecule has 0 aliphatic carbocycles. The maximum absolute atomic E-state index is 12.6. The quantitative estimate of drug-likeness (QED) is 0.195. The fourth-order valence-electron chi connectivity index (χ4n) is 4.06. The molecule has 0 bridgehead atoms. The molecule has 0 radical (unpaired) electrons. The van der Waals surface area contributed by atoms with E-state index in [9.17, 15) is 9.59 Å². The van der Waals surface area contributed by atoms with Crippen LogP contribution in [0.4, 0.5) is 0 Å². The monoisotopic (exact) mass is 530 g/mol. The number of methoxy groups -OCH3 is 1. The van der Waals surface area contributed by atoms with Gasteiger partial charge in [0.05, 0.1) is 24.6 Å². The second-order valence-corrected chi connectivity index (χ2v) is 9.85. The summed E-state index contributed by atoms with van der Waals surface area (Å²) in [6.45, 7) is 0.550. The molecule has 3 aromatic carbocycles. The van der Waals surface area contributed by atoms with Crippen LogP contribution in [-0.2, 0) is 11.3 Å². The molecule has 1 aromatic heterocycles. The molecule has 1 unspecified atom stereocenters. The molecular formula is C28H23ClN4O3S. The Bertz CT molecular complexity index is 1480. The molecule has 1 aliphatic heterocycles. The van der Waals surface area contributed by atoms with Gasteiger partial charge in [0.25, 0.3) is 5.91 Å². The molecule has 1 saturated heterocycles. The van der Waals surface area contributed by atoms with Crippen molar-refractivity contribution in [3.8, 4) is 5.75 Å². The van der Waals surface area contributed by atoms with Crippen molar-refractivity contribution in [1.82, 2.24) is 15.3 Å². The Morgan fingerprint density at radius 3 is 2.70 bits per heavy atom. The van der Waals surface area contributed by atoms with Crippen LogP contribution in [0.3, 0.4) is 0 Å². The van der Waals surface area contributed by atoms with Crippen LogP contribution in [0.15, 0.2) is 84.0 Å². The zero-order valence-electron chi connectivity index (χ0n) is 19.9. The fraction of sp³-hybridized carbons (Fsp3) is 0.143. The van der Waals surface area contributed by atoms with Gasteiger partial charge in [-0.3, -0.25) is 9.59 Å². The molecule has 1 atom stereocenters. The number of amides is 2. The summed E-state index contributed by atoms with van der Waals surface area (Å²) in [7, 11) is 1.59. The lowest BCUT2D eigenvalue weighted by molar-refractivity contribution is -0.128. The number of benzene rings is 3. The minimum atomic E-state index is -0.353. The molecule has 2 heterocycles. The van der Waals surface area contributed by atoms with Gasteiger partial charge in [-0.2, -0.15) is 5.10 Å². The Balaban J connectivity index is 1.24. The molecule has 1 N–H and O–H groups in total. The number of nitrogens with zero attached hydrogens (tertiary/aromatic N) is 3. The molecular weight excluding hydrogens is 508 g/mol. The molecule has 9 heteroatoms. The first-order valence-electron chi connectivity index (χ1n) is 11.5. The fourth-order valence-corrected chi connectivity index (χ4v) is 5.44. The van der Waals surface area contributed by atoms with Crippen molar-refractivity contribution in [2.24, 2.45) is 5.10 Å². The van der Waals surface area contributed by atoms with E-state index < -0.39 is 0 Å². The maximum Gasteiger partial charge on any atom is 0.271 e. The number of carbonyl (C=O) groups is 2. The van der Waals surface area contributed by atoms with Gasteiger partial charge in [0.15, 0.2) is 0 Å². The van der Waals surface area contributed by atoms with Crippen molar-refractivity contribution in [3.05, 3.63) is 106 Å². The van der Waals surface area contributed by atoms with E-state index in [1.54, 1.807) is 37.1 Å². The van der Waals surface area contributed by atoms with Gasteiger partial charge in [0, 0.05) is 29.1 Å². The highest BCUT2D eigenvalue weighted by Gasteiger charge is 2.32. The van der Waals surface area contributed by atoms with Crippen LogP contribution in [-0.4, -0.2) is 40.8 Å². The van der Waals surface area contributed by atoms with Gasteiger partial charge < -0.3 is 9.64 Å². The number of aromatic nitrogens is 1. The molecule has 7 nitrogen and oxygen atoms in total. The average molecular weight is 531 g/mol. The standard InChI is InChI=1S/C28H23ClN4O3S/c1-36-23-12-11-21-13-22(26(29)31-24(21)14-23)15-30-32-27(35)19-7-9-20(10-8-19)28-33(25(34)17-37-28)16-18-5-3-2-4-6-18/h2-15,28H,16-17H2,1H3,(H,32,35)/b30-15+. The van der Waals surface area contributed by atoms with Crippen molar-refractivity contribution >= 4 is 52.3 Å². The number of nitrogens with one attached hydrogen (secondary N) is 1. The van der Waals surface area contributed by atoms with E-state index in [-0.39, 0.29) is 22.3 Å². The predicted octanol–water partition coefficient (Wildman–Crippen LogP) is 5.43. The van der Waals surface area contributed by atoms with E-state index in [4.69, 9.17) is 16.3 Å². The highest BCUT2D eigenvalue weighted by atomic mass is 35.5. The second kappa shape index (κ2) is 11.0. The molecule has 5 rings (SSSR count). The topological polar surface area (TPSA) is 83.9 Å². The van der Waals surface area contributed by atoms with Crippen LogP contribution >= 0.6 is 23.4 Å². The summed E-state index contributed by atoms with van der Waals surface area (Å²) >= 11 is 7.89. The minimum absolute atomic E-state index is 0.0923. The molecule has 1 aliphatic rings. The van der Waals surface area contributed by atoms with E-state index in [2.05, 4.69) is 15.5 Å². The normalized spacial score (nSPS) is 15.5. The summed E-state index contributed by atoms with van der Waals surface area (Å²) in [4.78, 5) is 31.4. The number of hydrogen-bond acceptors (Lipinski definition) is 6. The van der Waals surface area contributed by atoms with Gasteiger partial charge >= 0.3 is 0 Å². The Kier molecular flexibility index (Phi) is 7.39. The zero-order chi connectivity index (χ0) is 25.8. The van der Waals surface area contributed by atoms with E-state index in [1.807, 2.05) is 65.6 Å². The van der Waals surface area contributed by atoms with Crippen molar-refractivity contribution in [3.63, 3.8) is 0 Å². The molecule has 37 heavy (non-hydrogen) atoms. The van der Waals surface area contributed by atoms with Crippen LogP contribution < -0.4 is 10.2 Å². The van der Waals surface area contributed by atoms with Crippen LogP contribution in [0.1, 0.15) is 32.4 Å². The number of pyridine rings is 1. The van der Waals surface area contributed by atoms with Gasteiger partial charge in [0.1, 0.15) is 16.3 Å². The number of hydrazone groups is 1. The van der Waals surface area contributed by atoms with Crippen molar-refractivity contribution < 1.29 is 14.3 Å². The molecule has 2 amide bonds. The third-order valence-electron chi connectivity index (χ3n) is 6.00. The lowest BCUT2D eigenvalue weighted by atomic mass is 10.1. The number of hydrogen-bond donors (Lipinski definition) is 1. The molecule has 4 aromatic rings. The van der Waals surface area contributed by atoms with E-state index in [0.29, 0.717) is 34.7 Å². The largest absolute Gasteiger partial charge is 0.497 e. The maximum atomic E-state index is 12.6. The lowest BCUT2D eigenvalue weighted by Crippen LogP contribution is -2.27. The van der Waals surface area contributed by atoms with Gasteiger partial charge in [-0.1, -0.05) is 54.1 Å². The molecule has 0 spiro atoms. The Morgan fingerprint density at radius 2 is 1.95 bits per heavy atom. The number of ether oxygens (including phenoxy) is 1. The van der Waals surface area contributed by atoms with Crippen LogP contribution in [0, 0.1) is 0 Å². The van der Waals surface area contributed by atoms with E-state index in [0.717, 1.165) is 16.5 Å². The van der Waals surface area contributed by atoms with Crippen LogP contribution in [0.2, 0.25) is 5.15 Å². The number of carbonyl (C=O) groups excluding carboxylic acids is 2. The van der Waals surface area contributed by atoms with Gasteiger partial charge in [-0.05, 0) is 41.5 Å². The Morgan fingerprint density at radius 1 is 1.16 bits per heavy atom. The molecule has 186 valence electrons. The highest BCUT2D eigenvalue weighted by molar-refractivity contribution is 8.00.